The maximum atomic E-state index is 11.7. The molecule has 0 saturated carbocycles. The number of carbonyl (C=O) groups is 1. The molecule has 0 spiro atoms. The number of benzene rings is 1. The number of nitrogens with two attached hydrogens (primary N) is 1. The number of thioether (sulfide) groups is 1. The summed E-state index contributed by atoms with van der Waals surface area (Å²) in [6, 6.07) is 7.37. The molecule has 86 valence electrons. The Balaban J connectivity index is 3.03. The number of para-hydroxylation sites is 1. The van der Waals surface area contributed by atoms with Crippen LogP contribution in [0.1, 0.15) is 5.56 Å². The fourth-order valence-corrected chi connectivity index (χ4v) is 1.94. The Hall–Kier alpha value is -1.07. The fraction of sp³-hybridized carbons (Fsp3) is 0.273. The van der Waals surface area contributed by atoms with Gasteiger partial charge in [0.2, 0.25) is 5.91 Å². The normalized spacial score (nSPS) is 9.88. The highest BCUT2D eigenvalue weighted by atomic mass is 32.2. The van der Waals surface area contributed by atoms with Gasteiger partial charge in [0, 0.05) is 12.6 Å². The molecule has 0 unspecified atom stereocenters. The Morgan fingerprint density at radius 1 is 1.50 bits per heavy atom. The van der Waals surface area contributed by atoms with Crippen molar-refractivity contribution in [3.05, 3.63) is 29.8 Å². The molecule has 0 aliphatic rings. The van der Waals surface area contributed by atoms with E-state index in [1.165, 1.54) is 11.8 Å². The topological polar surface area (TPSA) is 46.3 Å². The van der Waals surface area contributed by atoms with Crippen LogP contribution in [0.3, 0.4) is 0 Å². The number of amides is 1. The summed E-state index contributed by atoms with van der Waals surface area (Å²) in [6.45, 7) is 0. The zero-order valence-corrected chi connectivity index (χ0v) is 10.9. The Kier molecular flexibility index (Phi) is 4.76. The van der Waals surface area contributed by atoms with Crippen LogP contribution in [-0.2, 0) is 4.79 Å². The molecule has 0 atom stereocenters. The van der Waals surface area contributed by atoms with Gasteiger partial charge < -0.3 is 10.6 Å². The van der Waals surface area contributed by atoms with Crippen molar-refractivity contribution in [2.24, 2.45) is 5.73 Å². The standard InChI is InChI=1S/C11H14N2OS2/c1-13(10(14)7-16-2)9-6-4-3-5-8(9)11(12)15/h3-6H,7H2,1-2H3,(H2,12,15). The van der Waals surface area contributed by atoms with Gasteiger partial charge in [-0.3, -0.25) is 4.79 Å². The van der Waals surface area contributed by atoms with Crippen LogP contribution in [-0.4, -0.2) is 30.0 Å². The molecule has 0 heterocycles. The maximum absolute atomic E-state index is 11.7. The molecule has 0 fully saturated rings. The molecule has 0 aromatic heterocycles. The first kappa shape index (κ1) is 13.0. The molecule has 1 amide bonds. The lowest BCUT2D eigenvalue weighted by molar-refractivity contribution is -0.115. The summed E-state index contributed by atoms with van der Waals surface area (Å²) in [5, 5.41) is 0. The highest BCUT2D eigenvalue weighted by molar-refractivity contribution is 7.99. The first-order valence-corrected chi connectivity index (χ1v) is 6.52. The van der Waals surface area contributed by atoms with Crippen LogP contribution in [0.5, 0.6) is 0 Å². The van der Waals surface area contributed by atoms with Gasteiger partial charge in [-0.1, -0.05) is 24.4 Å². The second-order valence-electron chi connectivity index (χ2n) is 3.27. The predicted molar refractivity (Wildman–Crippen MR) is 74.1 cm³/mol. The zero-order chi connectivity index (χ0) is 12.1. The molecule has 0 bridgehead atoms. The van der Waals surface area contributed by atoms with E-state index < -0.39 is 0 Å². The van der Waals surface area contributed by atoms with E-state index in [2.05, 4.69) is 0 Å². The van der Waals surface area contributed by atoms with Gasteiger partial charge in [-0.2, -0.15) is 11.8 Å². The van der Waals surface area contributed by atoms with Gasteiger partial charge in [0.25, 0.3) is 0 Å². The third-order valence-electron chi connectivity index (χ3n) is 2.17. The average molecular weight is 254 g/mol. The summed E-state index contributed by atoms with van der Waals surface area (Å²) in [4.78, 5) is 13.6. The van der Waals surface area contributed by atoms with Crippen molar-refractivity contribution in [3.63, 3.8) is 0 Å². The minimum atomic E-state index is 0.0381. The minimum Gasteiger partial charge on any atom is -0.389 e. The summed E-state index contributed by atoms with van der Waals surface area (Å²) >= 11 is 6.45. The van der Waals surface area contributed by atoms with E-state index in [4.69, 9.17) is 18.0 Å². The van der Waals surface area contributed by atoms with Gasteiger partial charge in [0.1, 0.15) is 4.99 Å². The van der Waals surface area contributed by atoms with Crippen LogP contribution in [0.2, 0.25) is 0 Å². The van der Waals surface area contributed by atoms with Crippen molar-refractivity contribution in [2.75, 3.05) is 24.0 Å². The van der Waals surface area contributed by atoms with Crippen LogP contribution < -0.4 is 10.6 Å². The van der Waals surface area contributed by atoms with Gasteiger partial charge in [-0.05, 0) is 18.4 Å². The van der Waals surface area contributed by atoms with Gasteiger partial charge >= 0.3 is 0 Å². The molecule has 3 nitrogen and oxygen atoms in total. The van der Waals surface area contributed by atoms with Crippen LogP contribution >= 0.6 is 24.0 Å². The number of anilines is 1. The lowest BCUT2D eigenvalue weighted by Crippen LogP contribution is -2.30. The summed E-state index contributed by atoms with van der Waals surface area (Å²) in [5.41, 5.74) is 7.10. The van der Waals surface area contributed by atoms with Crippen molar-refractivity contribution >= 4 is 40.6 Å². The lowest BCUT2D eigenvalue weighted by atomic mass is 10.1. The van der Waals surface area contributed by atoms with Crippen LogP contribution in [0, 0.1) is 0 Å². The zero-order valence-electron chi connectivity index (χ0n) is 9.27. The number of hydrogen-bond acceptors (Lipinski definition) is 3. The molecule has 2 N–H and O–H groups in total. The molecule has 0 radical (unpaired) electrons. The van der Waals surface area contributed by atoms with Gasteiger partial charge in [0.15, 0.2) is 0 Å². The fourth-order valence-electron chi connectivity index (χ4n) is 1.33. The lowest BCUT2D eigenvalue weighted by Gasteiger charge is -2.19. The van der Waals surface area contributed by atoms with Crippen molar-refractivity contribution < 1.29 is 4.79 Å². The second-order valence-corrected chi connectivity index (χ2v) is 4.57. The van der Waals surface area contributed by atoms with Crippen molar-refractivity contribution in [2.45, 2.75) is 0 Å². The van der Waals surface area contributed by atoms with E-state index in [9.17, 15) is 4.79 Å². The van der Waals surface area contributed by atoms with Crippen LogP contribution in [0.25, 0.3) is 0 Å². The molecule has 0 saturated heterocycles. The van der Waals surface area contributed by atoms with Crippen molar-refractivity contribution in [1.82, 2.24) is 0 Å². The Morgan fingerprint density at radius 3 is 2.69 bits per heavy atom. The molecular weight excluding hydrogens is 240 g/mol. The quantitative estimate of drug-likeness (QED) is 0.830. The molecule has 5 heteroatoms. The Labute approximate surface area is 105 Å². The van der Waals surface area contributed by atoms with Crippen molar-refractivity contribution in [1.29, 1.82) is 0 Å². The first-order valence-electron chi connectivity index (χ1n) is 4.72. The maximum Gasteiger partial charge on any atom is 0.236 e. The molecule has 1 aromatic carbocycles. The van der Waals surface area contributed by atoms with Crippen LogP contribution in [0.4, 0.5) is 5.69 Å². The SMILES string of the molecule is CSCC(=O)N(C)c1ccccc1C(N)=S. The van der Waals surface area contributed by atoms with E-state index in [1.807, 2.05) is 30.5 Å². The third-order valence-corrected chi connectivity index (χ3v) is 2.93. The highest BCUT2D eigenvalue weighted by Gasteiger charge is 2.14. The second kappa shape index (κ2) is 5.86. The average Bonchev–Trinajstić information content (AvgIpc) is 2.28. The van der Waals surface area contributed by atoms with Gasteiger partial charge in [-0.25, -0.2) is 0 Å². The third kappa shape index (κ3) is 2.96. The highest BCUT2D eigenvalue weighted by Crippen LogP contribution is 2.19. The summed E-state index contributed by atoms with van der Waals surface area (Å²) in [6.07, 6.45) is 1.89. The number of carbonyl (C=O) groups excluding carboxylic acids is 1. The monoisotopic (exact) mass is 254 g/mol. The number of nitrogens with zero attached hydrogens (tertiary/aromatic N) is 1. The molecule has 0 aliphatic carbocycles. The van der Waals surface area contributed by atoms with E-state index >= 15 is 0 Å². The molecular formula is C11H14N2OS2. The van der Waals surface area contributed by atoms with Crippen LogP contribution in [0.15, 0.2) is 24.3 Å². The number of hydrogen-bond donors (Lipinski definition) is 1. The summed E-state index contributed by atoms with van der Waals surface area (Å²) in [7, 11) is 1.73. The van der Waals surface area contributed by atoms with E-state index in [-0.39, 0.29) is 5.91 Å². The molecule has 1 rings (SSSR count). The van der Waals surface area contributed by atoms with Gasteiger partial charge in [0.05, 0.1) is 11.4 Å². The minimum absolute atomic E-state index is 0.0381. The van der Waals surface area contributed by atoms with E-state index in [0.29, 0.717) is 10.7 Å². The van der Waals surface area contributed by atoms with E-state index in [0.717, 1.165) is 11.3 Å². The predicted octanol–water partition coefficient (Wildman–Crippen LogP) is 1.65. The van der Waals surface area contributed by atoms with Crippen molar-refractivity contribution in [3.8, 4) is 0 Å². The Bertz CT molecular complexity index is 407. The molecule has 16 heavy (non-hydrogen) atoms. The Morgan fingerprint density at radius 2 is 2.12 bits per heavy atom. The number of thiocarbonyl (C=S) groups is 1. The molecule has 0 aliphatic heterocycles. The number of rotatable bonds is 4. The van der Waals surface area contributed by atoms with Gasteiger partial charge in [-0.15, -0.1) is 0 Å². The first-order chi connectivity index (χ1) is 7.57. The summed E-state index contributed by atoms with van der Waals surface area (Å²) < 4.78 is 0. The summed E-state index contributed by atoms with van der Waals surface area (Å²) in [5.74, 6) is 0.485. The molecule has 1 aromatic rings. The smallest absolute Gasteiger partial charge is 0.236 e. The largest absolute Gasteiger partial charge is 0.389 e. The van der Waals surface area contributed by atoms with E-state index in [1.54, 1.807) is 11.9 Å².